The molecule has 0 aliphatic carbocycles. The van der Waals surface area contributed by atoms with Crippen molar-refractivity contribution in [2.24, 2.45) is 0 Å². The molecule has 4 nitrogen and oxygen atoms in total. The first-order chi connectivity index (χ1) is 11.2. The number of methoxy groups -OCH3 is 1. The second-order valence-electron chi connectivity index (χ2n) is 5.56. The van der Waals surface area contributed by atoms with E-state index in [1.165, 1.54) is 0 Å². The summed E-state index contributed by atoms with van der Waals surface area (Å²) >= 11 is 0. The molecule has 0 unspecified atom stereocenters. The largest absolute Gasteiger partial charge is 0.497 e. The van der Waals surface area contributed by atoms with E-state index in [4.69, 9.17) is 4.74 Å². The summed E-state index contributed by atoms with van der Waals surface area (Å²) < 4.78 is 8.92. The van der Waals surface area contributed by atoms with Gasteiger partial charge in [0.05, 0.1) is 18.3 Å². The van der Waals surface area contributed by atoms with Gasteiger partial charge in [-0.15, -0.1) is 0 Å². The van der Waals surface area contributed by atoms with Gasteiger partial charge in [0.15, 0.2) is 0 Å². The minimum absolute atomic E-state index is 0.0194. The standard InChI is InChI=1S/C19H16N2O2/c1-13-11-19(22)21-17-6-4-3-5-15(17)12-18(20(13)21)14-7-9-16(23-2)10-8-14/h3-12H,1-2H3. The second kappa shape index (κ2) is 5.02. The molecule has 0 saturated carbocycles. The summed E-state index contributed by atoms with van der Waals surface area (Å²) in [5.74, 6) is 0.812. The zero-order valence-corrected chi connectivity index (χ0v) is 13.0. The van der Waals surface area contributed by atoms with E-state index in [2.05, 4.69) is 6.07 Å². The molecule has 0 spiro atoms. The molecule has 0 aliphatic rings. The van der Waals surface area contributed by atoms with E-state index in [1.807, 2.05) is 60.0 Å². The molecule has 0 aliphatic heterocycles. The van der Waals surface area contributed by atoms with Crippen LogP contribution in [0.4, 0.5) is 0 Å². The first kappa shape index (κ1) is 13.6. The zero-order valence-electron chi connectivity index (χ0n) is 13.0. The normalized spacial score (nSPS) is 11.2. The highest BCUT2D eigenvalue weighted by Crippen LogP contribution is 2.26. The molecule has 4 heteroatoms. The van der Waals surface area contributed by atoms with Crippen LogP contribution in [0.3, 0.4) is 0 Å². The highest BCUT2D eigenvalue weighted by molar-refractivity contribution is 5.83. The number of ether oxygens (including phenoxy) is 1. The Balaban J connectivity index is 2.13. The predicted molar refractivity (Wildman–Crippen MR) is 91.3 cm³/mol. The lowest BCUT2D eigenvalue weighted by Gasteiger charge is -2.13. The lowest BCUT2D eigenvalue weighted by atomic mass is 10.1. The first-order valence-electron chi connectivity index (χ1n) is 7.46. The summed E-state index contributed by atoms with van der Waals surface area (Å²) in [5.41, 5.74) is 3.81. The van der Waals surface area contributed by atoms with Gasteiger partial charge in [0, 0.05) is 22.7 Å². The van der Waals surface area contributed by atoms with Crippen molar-refractivity contribution in [1.29, 1.82) is 0 Å². The van der Waals surface area contributed by atoms with Crippen molar-refractivity contribution in [2.75, 3.05) is 7.11 Å². The maximum atomic E-state index is 12.4. The number of benzene rings is 2. The average Bonchev–Trinajstić information content (AvgIpc) is 2.89. The Labute approximate surface area is 133 Å². The Morgan fingerprint density at radius 1 is 0.913 bits per heavy atom. The minimum atomic E-state index is -0.0194. The van der Waals surface area contributed by atoms with Gasteiger partial charge in [-0.05, 0) is 43.3 Å². The molecule has 2 heterocycles. The average molecular weight is 304 g/mol. The highest BCUT2D eigenvalue weighted by Gasteiger charge is 2.12. The Morgan fingerprint density at radius 3 is 2.39 bits per heavy atom. The SMILES string of the molecule is COc1ccc(-c2cc3ccccc3n3c(=O)cc(C)n23)cc1. The van der Waals surface area contributed by atoms with Gasteiger partial charge in [0.1, 0.15) is 5.75 Å². The molecule has 2 aromatic heterocycles. The zero-order chi connectivity index (χ0) is 16.0. The highest BCUT2D eigenvalue weighted by atomic mass is 16.5. The third-order valence-electron chi connectivity index (χ3n) is 4.15. The number of nitrogens with zero attached hydrogens (tertiary/aromatic N) is 2. The lowest BCUT2D eigenvalue weighted by molar-refractivity contribution is 0.415. The molecule has 4 aromatic rings. The number of hydrogen-bond donors (Lipinski definition) is 0. The Hall–Kier alpha value is -3.01. The fraction of sp³-hybridized carbons (Fsp3) is 0.105. The topological polar surface area (TPSA) is 35.1 Å². The maximum Gasteiger partial charge on any atom is 0.271 e. The van der Waals surface area contributed by atoms with E-state index < -0.39 is 0 Å². The minimum Gasteiger partial charge on any atom is -0.497 e. The number of aromatic nitrogens is 2. The third kappa shape index (κ3) is 2.03. The van der Waals surface area contributed by atoms with Gasteiger partial charge in [0.25, 0.3) is 5.56 Å². The van der Waals surface area contributed by atoms with Crippen molar-refractivity contribution in [3.8, 4) is 17.0 Å². The van der Waals surface area contributed by atoms with Gasteiger partial charge in [-0.3, -0.25) is 4.79 Å². The van der Waals surface area contributed by atoms with E-state index >= 15 is 0 Å². The molecule has 0 atom stereocenters. The fourth-order valence-corrected chi connectivity index (χ4v) is 3.06. The summed E-state index contributed by atoms with van der Waals surface area (Å²) in [7, 11) is 1.65. The van der Waals surface area contributed by atoms with Crippen molar-refractivity contribution in [2.45, 2.75) is 6.92 Å². The summed E-state index contributed by atoms with van der Waals surface area (Å²) in [4.78, 5) is 12.4. The Morgan fingerprint density at radius 2 is 1.65 bits per heavy atom. The quantitative estimate of drug-likeness (QED) is 0.568. The van der Waals surface area contributed by atoms with Gasteiger partial charge < -0.3 is 4.74 Å². The molecule has 2 aromatic carbocycles. The van der Waals surface area contributed by atoms with Crippen LogP contribution in [0.1, 0.15) is 5.69 Å². The van der Waals surface area contributed by atoms with Gasteiger partial charge in [0.2, 0.25) is 0 Å². The van der Waals surface area contributed by atoms with E-state index in [9.17, 15) is 4.79 Å². The maximum absolute atomic E-state index is 12.4. The van der Waals surface area contributed by atoms with E-state index in [1.54, 1.807) is 17.7 Å². The van der Waals surface area contributed by atoms with Crippen molar-refractivity contribution in [3.63, 3.8) is 0 Å². The predicted octanol–water partition coefficient (Wildman–Crippen LogP) is 3.54. The van der Waals surface area contributed by atoms with Crippen molar-refractivity contribution < 1.29 is 4.74 Å². The lowest BCUT2D eigenvalue weighted by Crippen LogP contribution is -2.13. The van der Waals surface area contributed by atoms with Crippen LogP contribution in [0.15, 0.2) is 65.5 Å². The molecule has 0 bridgehead atoms. The van der Waals surface area contributed by atoms with Crippen LogP contribution in [0.2, 0.25) is 0 Å². The van der Waals surface area contributed by atoms with Crippen molar-refractivity contribution >= 4 is 10.9 Å². The van der Waals surface area contributed by atoms with Gasteiger partial charge in [-0.25, -0.2) is 9.03 Å². The second-order valence-corrected chi connectivity index (χ2v) is 5.56. The molecular formula is C19H16N2O2. The van der Waals surface area contributed by atoms with Crippen LogP contribution in [-0.4, -0.2) is 16.1 Å². The van der Waals surface area contributed by atoms with Gasteiger partial charge in [-0.1, -0.05) is 18.2 Å². The van der Waals surface area contributed by atoms with Crippen LogP contribution in [0, 0.1) is 6.92 Å². The van der Waals surface area contributed by atoms with Crippen molar-refractivity contribution in [3.05, 3.63) is 76.7 Å². The molecule has 114 valence electrons. The molecule has 0 N–H and O–H groups in total. The van der Waals surface area contributed by atoms with Gasteiger partial charge >= 0.3 is 0 Å². The van der Waals surface area contributed by atoms with Crippen molar-refractivity contribution in [1.82, 2.24) is 9.03 Å². The number of rotatable bonds is 2. The molecule has 4 rings (SSSR count). The smallest absolute Gasteiger partial charge is 0.271 e. The summed E-state index contributed by atoms with van der Waals surface area (Å²) in [5, 5.41) is 1.03. The van der Waals surface area contributed by atoms with Crippen LogP contribution >= 0.6 is 0 Å². The summed E-state index contributed by atoms with van der Waals surface area (Å²) in [6, 6.07) is 19.6. The number of aryl methyl sites for hydroxylation is 1. The molecule has 0 amide bonds. The van der Waals surface area contributed by atoms with Crippen LogP contribution in [0.5, 0.6) is 5.75 Å². The number of fused-ring (bicyclic) bond motifs is 3. The molecule has 23 heavy (non-hydrogen) atoms. The molecule has 0 radical (unpaired) electrons. The van der Waals surface area contributed by atoms with Crippen LogP contribution in [0.25, 0.3) is 22.2 Å². The third-order valence-corrected chi connectivity index (χ3v) is 4.15. The molecule has 0 saturated heterocycles. The molecule has 0 fully saturated rings. The monoisotopic (exact) mass is 304 g/mol. The first-order valence-corrected chi connectivity index (χ1v) is 7.46. The van der Waals surface area contributed by atoms with E-state index in [0.717, 1.165) is 33.6 Å². The van der Waals surface area contributed by atoms with Gasteiger partial charge in [-0.2, -0.15) is 0 Å². The van der Waals surface area contributed by atoms with Crippen LogP contribution < -0.4 is 10.3 Å². The Bertz CT molecular complexity index is 1070. The molecular weight excluding hydrogens is 288 g/mol. The fourth-order valence-electron chi connectivity index (χ4n) is 3.06. The summed E-state index contributed by atoms with van der Waals surface area (Å²) in [6.07, 6.45) is 0. The number of hydrogen-bond acceptors (Lipinski definition) is 2. The summed E-state index contributed by atoms with van der Waals surface area (Å²) in [6.45, 7) is 1.95. The number of para-hydroxylation sites is 1. The Kier molecular flexibility index (Phi) is 2.98. The van der Waals surface area contributed by atoms with E-state index in [-0.39, 0.29) is 5.56 Å². The van der Waals surface area contributed by atoms with E-state index in [0.29, 0.717) is 0 Å². The van der Waals surface area contributed by atoms with Crippen LogP contribution in [-0.2, 0) is 0 Å².